The van der Waals surface area contributed by atoms with Gasteiger partial charge in [-0.2, -0.15) is 0 Å². The van der Waals surface area contributed by atoms with E-state index in [1.165, 1.54) is 6.20 Å². The molecule has 0 spiro atoms. The molecule has 1 fully saturated rings. The molecular formula is C27H32N6O2. The molecule has 2 heterocycles. The van der Waals surface area contributed by atoms with Gasteiger partial charge in [-0.25, -0.2) is 0 Å². The highest BCUT2D eigenvalue weighted by Crippen LogP contribution is 2.49. The number of amidine groups is 1. The van der Waals surface area contributed by atoms with Crippen LogP contribution in [0, 0.1) is 12.8 Å². The molecule has 8 nitrogen and oxygen atoms in total. The first-order valence-corrected chi connectivity index (χ1v) is 11.8. The Morgan fingerprint density at radius 1 is 1.31 bits per heavy atom. The number of nitrogens with one attached hydrogen (secondary N) is 2. The number of carboxylic acids is 1. The summed E-state index contributed by atoms with van der Waals surface area (Å²) in [5, 5.41) is 16.3. The van der Waals surface area contributed by atoms with Crippen molar-refractivity contribution in [2.75, 3.05) is 7.05 Å². The predicted octanol–water partition coefficient (Wildman–Crippen LogP) is 3.59. The maximum atomic E-state index is 11.7. The van der Waals surface area contributed by atoms with Crippen molar-refractivity contribution in [3.05, 3.63) is 71.6 Å². The van der Waals surface area contributed by atoms with Crippen LogP contribution in [0.5, 0.6) is 0 Å². The summed E-state index contributed by atoms with van der Waals surface area (Å²) in [6, 6.07) is 9.92. The lowest BCUT2D eigenvalue weighted by molar-refractivity contribution is -0.140. The zero-order chi connectivity index (χ0) is 25.2. The standard InChI is InChI=1S/C27H32N6O2/c1-16(2)23-14-30-15-24(32-23)33-25(29-4)21(12-28)22-8-5-18(13-31-22)20-7-6-19(11-17(20)3)27(9-10-27)26(34)35/h5-8,11-16,23,32H,9-10,28H2,1-4H3,(H,29,33)(H,34,35). The van der Waals surface area contributed by atoms with Gasteiger partial charge in [0.1, 0.15) is 11.7 Å². The number of benzene rings is 1. The lowest BCUT2D eigenvalue weighted by atomic mass is 9.91. The predicted molar refractivity (Wildman–Crippen MR) is 140 cm³/mol. The maximum Gasteiger partial charge on any atom is 0.314 e. The van der Waals surface area contributed by atoms with Crippen LogP contribution in [0.15, 0.2) is 64.7 Å². The molecule has 1 unspecified atom stereocenters. The van der Waals surface area contributed by atoms with Crippen molar-refractivity contribution >= 4 is 23.6 Å². The van der Waals surface area contributed by atoms with Gasteiger partial charge < -0.3 is 21.5 Å². The smallest absolute Gasteiger partial charge is 0.314 e. The SMILES string of the molecule is CN=C(NC1=CN=CC(C(C)C)N1)C(=CN)c1ccc(-c2ccc(C3(C(=O)O)CC3)cc2C)cn1. The van der Waals surface area contributed by atoms with Gasteiger partial charge in [0.05, 0.1) is 28.9 Å². The largest absolute Gasteiger partial charge is 0.481 e. The summed E-state index contributed by atoms with van der Waals surface area (Å²) in [5.74, 6) is 0.967. The first-order valence-electron chi connectivity index (χ1n) is 11.8. The molecule has 1 aromatic carbocycles. The first-order chi connectivity index (χ1) is 16.8. The Kier molecular flexibility index (Phi) is 6.73. The highest BCUT2D eigenvalue weighted by molar-refractivity contribution is 6.22. The van der Waals surface area contributed by atoms with E-state index < -0.39 is 11.4 Å². The summed E-state index contributed by atoms with van der Waals surface area (Å²) in [7, 11) is 1.70. The average Bonchev–Trinajstić information content (AvgIpc) is 3.67. The number of pyridine rings is 1. The van der Waals surface area contributed by atoms with E-state index in [2.05, 4.69) is 39.4 Å². The molecule has 0 bridgehead atoms. The van der Waals surface area contributed by atoms with Crippen LogP contribution in [0.3, 0.4) is 0 Å². The Hall–Kier alpha value is -3.94. The number of hydrogen-bond donors (Lipinski definition) is 4. The van der Waals surface area contributed by atoms with Crippen molar-refractivity contribution in [2.45, 2.75) is 45.1 Å². The van der Waals surface area contributed by atoms with Crippen LogP contribution in [0.2, 0.25) is 0 Å². The maximum absolute atomic E-state index is 11.7. The third kappa shape index (κ3) is 4.82. The van der Waals surface area contributed by atoms with Gasteiger partial charge in [-0.15, -0.1) is 0 Å². The van der Waals surface area contributed by atoms with Gasteiger partial charge in [-0.1, -0.05) is 38.1 Å². The Bertz CT molecular complexity index is 1240. The number of carboxylic acid groups (broad SMARTS) is 1. The molecule has 0 amide bonds. The van der Waals surface area contributed by atoms with Crippen molar-refractivity contribution in [1.29, 1.82) is 0 Å². The fourth-order valence-electron chi connectivity index (χ4n) is 4.28. The molecule has 2 aliphatic rings. The molecule has 0 radical (unpaired) electrons. The first kappa shape index (κ1) is 24.2. The van der Waals surface area contributed by atoms with Gasteiger partial charge in [0.2, 0.25) is 0 Å². The Labute approximate surface area is 205 Å². The lowest BCUT2D eigenvalue weighted by Crippen LogP contribution is -2.43. The third-order valence-electron chi connectivity index (χ3n) is 6.68. The highest BCUT2D eigenvalue weighted by atomic mass is 16.4. The van der Waals surface area contributed by atoms with E-state index in [0.717, 1.165) is 28.1 Å². The van der Waals surface area contributed by atoms with Crippen LogP contribution in [0.1, 0.15) is 43.5 Å². The van der Waals surface area contributed by atoms with Gasteiger partial charge in [-0.05, 0) is 48.4 Å². The van der Waals surface area contributed by atoms with Gasteiger partial charge in [0.25, 0.3) is 0 Å². The van der Waals surface area contributed by atoms with Crippen LogP contribution < -0.4 is 16.4 Å². The molecule has 1 atom stereocenters. The van der Waals surface area contributed by atoms with Gasteiger partial charge in [0.15, 0.2) is 0 Å². The fraction of sp³-hybridized carbons (Fsp3) is 0.333. The Morgan fingerprint density at radius 2 is 2.09 bits per heavy atom. The second kappa shape index (κ2) is 9.74. The topological polar surface area (TPSA) is 125 Å². The Morgan fingerprint density at radius 3 is 2.63 bits per heavy atom. The van der Waals surface area contributed by atoms with E-state index in [1.807, 2.05) is 43.5 Å². The molecule has 5 N–H and O–H groups in total. The number of rotatable bonds is 7. The summed E-state index contributed by atoms with van der Waals surface area (Å²) < 4.78 is 0. The molecule has 4 rings (SSSR count). The number of aliphatic imine (C=N–C) groups is 2. The fourth-order valence-corrected chi connectivity index (χ4v) is 4.28. The molecule has 8 heteroatoms. The Balaban J connectivity index is 1.53. The second-order valence-electron chi connectivity index (χ2n) is 9.38. The molecule has 1 aromatic heterocycles. The number of hydrogen-bond acceptors (Lipinski definition) is 6. The molecule has 1 aliphatic heterocycles. The van der Waals surface area contributed by atoms with Crippen molar-refractivity contribution < 1.29 is 9.90 Å². The minimum Gasteiger partial charge on any atom is -0.481 e. The normalized spacial score (nSPS) is 19.2. The third-order valence-corrected chi connectivity index (χ3v) is 6.68. The lowest BCUT2D eigenvalue weighted by Gasteiger charge is -2.25. The molecule has 182 valence electrons. The highest BCUT2D eigenvalue weighted by Gasteiger charge is 2.51. The summed E-state index contributed by atoms with van der Waals surface area (Å²) in [5.41, 5.74) is 10.5. The minimum absolute atomic E-state index is 0.128. The minimum atomic E-state index is -0.746. The average molecular weight is 473 g/mol. The molecule has 2 aromatic rings. The number of aromatic nitrogens is 1. The zero-order valence-corrected chi connectivity index (χ0v) is 20.5. The van der Waals surface area contributed by atoms with Crippen LogP contribution in [0.25, 0.3) is 16.7 Å². The van der Waals surface area contributed by atoms with Crippen molar-refractivity contribution in [2.24, 2.45) is 21.6 Å². The van der Waals surface area contributed by atoms with E-state index in [1.54, 1.807) is 19.4 Å². The number of carbonyl (C=O) groups is 1. The van der Waals surface area contributed by atoms with E-state index in [0.29, 0.717) is 35.9 Å². The van der Waals surface area contributed by atoms with E-state index >= 15 is 0 Å². The second-order valence-corrected chi connectivity index (χ2v) is 9.38. The quantitative estimate of drug-likeness (QED) is 0.361. The number of nitrogens with two attached hydrogens (primary N) is 1. The molecule has 0 saturated heterocycles. The van der Waals surface area contributed by atoms with E-state index in [9.17, 15) is 9.90 Å². The van der Waals surface area contributed by atoms with Crippen LogP contribution in [0.4, 0.5) is 0 Å². The van der Waals surface area contributed by atoms with Crippen LogP contribution in [-0.2, 0) is 10.2 Å². The summed E-state index contributed by atoms with van der Waals surface area (Å²) in [4.78, 5) is 25.0. The van der Waals surface area contributed by atoms with Gasteiger partial charge in [-0.3, -0.25) is 19.8 Å². The van der Waals surface area contributed by atoms with Gasteiger partial charge in [0, 0.05) is 31.2 Å². The monoisotopic (exact) mass is 472 g/mol. The van der Waals surface area contributed by atoms with E-state index in [-0.39, 0.29) is 6.04 Å². The number of aliphatic carboxylic acids is 1. The molecular weight excluding hydrogens is 440 g/mol. The summed E-state index contributed by atoms with van der Waals surface area (Å²) in [6.07, 6.45) is 8.28. The van der Waals surface area contributed by atoms with Crippen molar-refractivity contribution in [3.63, 3.8) is 0 Å². The number of aryl methyl sites for hydroxylation is 1. The van der Waals surface area contributed by atoms with E-state index in [4.69, 9.17) is 5.73 Å². The van der Waals surface area contributed by atoms with Crippen molar-refractivity contribution in [1.82, 2.24) is 15.6 Å². The molecule has 1 saturated carbocycles. The summed E-state index contributed by atoms with van der Waals surface area (Å²) >= 11 is 0. The molecule has 1 aliphatic carbocycles. The van der Waals surface area contributed by atoms with Crippen molar-refractivity contribution in [3.8, 4) is 11.1 Å². The molecule has 35 heavy (non-hydrogen) atoms. The van der Waals surface area contributed by atoms with Crippen LogP contribution in [-0.4, -0.2) is 41.2 Å². The zero-order valence-electron chi connectivity index (χ0n) is 20.5. The summed E-state index contributed by atoms with van der Waals surface area (Å²) in [6.45, 7) is 6.26. The number of nitrogens with zero attached hydrogens (tertiary/aromatic N) is 3. The van der Waals surface area contributed by atoms with Crippen LogP contribution >= 0.6 is 0 Å². The van der Waals surface area contributed by atoms with Gasteiger partial charge >= 0.3 is 5.97 Å².